The fourth-order valence-electron chi connectivity index (χ4n) is 2.45. The van der Waals surface area contributed by atoms with E-state index in [9.17, 15) is 4.79 Å². The molecular formula is C13H13N3OS. The van der Waals surface area contributed by atoms with E-state index in [1.807, 2.05) is 42.7 Å². The number of rotatable bonds is 1. The van der Waals surface area contributed by atoms with Gasteiger partial charge in [0, 0.05) is 5.39 Å². The predicted octanol–water partition coefficient (Wildman–Crippen LogP) is 2.91. The Morgan fingerprint density at radius 3 is 2.83 bits per heavy atom. The Bertz CT molecular complexity index is 705. The highest BCUT2D eigenvalue weighted by Crippen LogP contribution is 2.34. The van der Waals surface area contributed by atoms with Gasteiger partial charge in [-0.3, -0.25) is 9.36 Å². The topological polar surface area (TPSA) is 46.9 Å². The van der Waals surface area contributed by atoms with Gasteiger partial charge in [-0.1, -0.05) is 26.0 Å². The molecule has 0 saturated carbocycles. The number of fused-ring (bicyclic) bond motifs is 3. The molecule has 1 atom stereocenters. The van der Waals surface area contributed by atoms with Gasteiger partial charge in [-0.05, 0) is 30.3 Å². The molecule has 4 nitrogen and oxygen atoms in total. The highest BCUT2D eigenvalue weighted by atomic mass is 32.1. The Labute approximate surface area is 110 Å². The molecule has 2 aromatic rings. The minimum Gasteiger partial charge on any atom is -0.310 e. The average molecular weight is 259 g/mol. The largest absolute Gasteiger partial charge is 0.310 e. The number of nitrogens with zero attached hydrogens (tertiary/aromatic N) is 2. The van der Waals surface area contributed by atoms with E-state index in [0.717, 1.165) is 16.7 Å². The molecule has 1 N–H and O–H groups in total. The van der Waals surface area contributed by atoms with E-state index in [1.165, 1.54) is 0 Å². The highest BCUT2D eigenvalue weighted by molar-refractivity contribution is 7.71. The molecule has 1 aliphatic rings. The lowest BCUT2D eigenvalue weighted by atomic mass is 10.0. The third kappa shape index (κ3) is 1.47. The SMILES string of the molecule is CC(C)C1C(=O)Nc2c3ccccc3nc(=S)n21. The summed E-state index contributed by atoms with van der Waals surface area (Å²) in [4.78, 5) is 16.5. The number of nitrogens with one attached hydrogen (secondary N) is 1. The van der Waals surface area contributed by atoms with Gasteiger partial charge in [0.05, 0.1) is 5.52 Å². The van der Waals surface area contributed by atoms with Crippen molar-refractivity contribution in [3.05, 3.63) is 29.0 Å². The monoisotopic (exact) mass is 259 g/mol. The van der Waals surface area contributed by atoms with Gasteiger partial charge in [-0.2, -0.15) is 0 Å². The van der Waals surface area contributed by atoms with Gasteiger partial charge in [0.25, 0.3) is 0 Å². The van der Waals surface area contributed by atoms with Crippen LogP contribution in [0.25, 0.3) is 10.9 Å². The summed E-state index contributed by atoms with van der Waals surface area (Å²) in [5.74, 6) is 0.949. The number of carbonyl (C=O) groups excluding carboxylic acids is 1. The first-order valence-electron chi connectivity index (χ1n) is 5.91. The van der Waals surface area contributed by atoms with Gasteiger partial charge < -0.3 is 5.32 Å². The summed E-state index contributed by atoms with van der Waals surface area (Å²) < 4.78 is 2.30. The quantitative estimate of drug-likeness (QED) is 0.801. The Hall–Kier alpha value is -1.75. The van der Waals surface area contributed by atoms with Gasteiger partial charge in [-0.25, -0.2) is 4.98 Å². The van der Waals surface area contributed by atoms with Crippen LogP contribution in [0.3, 0.4) is 0 Å². The third-order valence-electron chi connectivity index (χ3n) is 3.24. The lowest BCUT2D eigenvalue weighted by molar-refractivity contribution is -0.119. The number of benzene rings is 1. The van der Waals surface area contributed by atoms with Crippen LogP contribution in [0.5, 0.6) is 0 Å². The zero-order valence-corrected chi connectivity index (χ0v) is 11.0. The first-order valence-corrected chi connectivity index (χ1v) is 6.32. The van der Waals surface area contributed by atoms with Crippen molar-refractivity contribution in [2.75, 3.05) is 5.32 Å². The summed E-state index contributed by atoms with van der Waals surface area (Å²) in [5, 5.41) is 3.86. The zero-order valence-electron chi connectivity index (χ0n) is 10.2. The number of anilines is 1. The van der Waals surface area contributed by atoms with E-state index in [2.05, 4.69) is 10.3 Å². The predicted molar refractivity (Wildman–Crippen MR) is 73.1 cm³/mol. The van der Waals surface area contributed by atoms with Crippen LogP contribution < -0.4 is 5.32 Å². The molecule has 0 aliphatic carbocycles. The minimum atomic E-state index is -0.260. The zero-order chi connectivity index (χ0) is 12.9. The van der Waals surface area contributed by atoms with E-state index in [4.69, 9.17) is 12.2 Å². The Kier molecular flexibility index (Phi) is 2.45. The van der Waals surface area contributed by atoms with E-state index in [1.54, 1.807) is 0 Å². The standard InChI is InChI=1S/C13H13N3OS/c1-7(2)10-12(17)15-11-8-5-3-4-6-9(8)14-13(18)16(10)11/h3-7,10H,1-2H3,(H,15,17). The van der Waals surface area contributed by atoms with Crippen LogP contribution in [0.2, 0.25) is 0 Å². The maximum absolute atomic E-state index is 12.1. The van der Waals surface area contributed by atoms with Crippen molar-refractivity contribution in [1.82, 2.24) is 9.55 Å². The fraction of sp³-hybridized carbons (Fsp3) is 0.308. The molecule has 1 unspecified atom stereocenters. The maximum Gasteiger partial charge on any atom is 0.248 e. The second-order valence-corrected chi connectivity index (χ2v) is 5.17. The average Bonchev–Trinajstić information content (AvgIpc) is 2.67. The second kappa shape index (κ2) is 3.88. The molecule has 2 heterocycles. The van der Waals surface area contributed by atoms with Gasteiger partial charge in [0.1, 0.15) is 11.9 Å². The minimum absolute atomic E-state index is 0.00532. The number of aromatic nitrogens is 2. The number of para-hydroxylation sites is 1. The van der Waals surface area contributed by atoms with Crippen LogP contribution >= 0.6 is 12.2 Å². The summed E-state index contributed by atoms with van der Waals surface area (Å²) in [6.45, 7) is 4.02. The highest BCUT2D eigenvalue weighted by Gasteiger charge is 2.34. The number of amides is 1. The molecule has 0 saturated heterocycles. The van der Waals surface area contributed by atoms with Crippen LogP contribution in [-0.4, -0.2) is 15.5 Å². The van der Waals surface area contributed by atoms with Crippen molar-refractivity contribution >= 4 is 34.8 Å². The molecule has 0 radical (unpaired) electrons. The van der Waals surface area contributed by atoms with E-state index < -0.39 is 0 Å². The number of hydrogen-bond donors (Lipinski definition) is 1. The van der Waals surface area contributed by atoms with Crippen LogP contribution in [-0.2, 0) is 4.79 Å². The molecule has 0 bridgehead atoms. The number of hydrogen-bond acceptors (Lipinski definition) is 3. The Morgan fingerprint density at radius 2 is 2.11 bits per heavy atom. The molecule has 1 aliphatic heterocycles. The van der Waals surface area contributed by atoms with Crippen LogP contribution in [0, 0.1) is 10.7 Å². The van der Waals surface area contributed by atoms with Crippen LogP contribution in [0.1, 0.15) is 19.9 Å². The summed E-state index contributed by atoms with van der Waals surface area (Å²) in [5.41, 5.74) is 0.818. The summed E-state index contributed by atoms with van der Waals surface area (Å²) in [6, 6.07) is 7.44. The molecule has 1 amide bonds. The Morgan fingerprint density at radius 1 is 1.39 bits per heavy atom. The fourth-order valence-corrected chi connectivity index (χ4v) is 2.75. The smallest absolute Gasteiger partial charge is 0.248 e. The second-order valence-electron chi connectivity index (χ2n) is 4.81. The lowest BCUT2D eigenvalue weighted by Gasteiger charge is -2.16. The van der Waals surface area contributed by atoms with Crippen LogP contribution in [0.4, 0.5) is 5.82 Å². The number of carbonyl (C=O) groups is 1. The molecule has 0 spiro atoms. The molecule has 3 rings (SSSR count). The van der Waals surface area contributed by atoms with Crippen molar-refractivity contribution in [2.24, 2.45) is 5.92 Å². The van der Waals surface area contributed by atoms with Crippen LogP contribution in [0.15, 0.2) is 24.3 Å². The van der Waals surface area contributed by atoms with Gasteiger partial charge in [0.15, 0.2) is 0 Å². The molecule has 5 heteroatoms. The van der Waals surface area contributed by atoms with Gasteiger partial charge >= 0.3 is 0 Å². The van der Waals surface area contributed by atoms with E-state index in [0.29, 0.717) is 4.77 Å². The molecule has 1 aromatic carbocycles. The third-order valence-corrected chi connectivity index (χ3v) is 3.53. The molecule has 92 valence electrons. The molecular weight excluding hydrogens is 246 g/mol. The maximum atomic E-state index is 12.1. The van der Waals surface area contributed by atoms with Crippen molar-refractivity contribution in [3.63, 3.8) is 0 Å². The Balaban J connectivity index is 2.39. The molecule has 18 heavy (non-hydrogen) atoms. The first-order chi connectivity index (χ1) is 8.59. The van der Waals surface area contributed by atoms with Crippen molar-refractivity contribution in [1.29, 1.82) is 0 Å². The van der Waals surface area contributed by atoms with Crippen molar-refractivity contribution < 1.29 is 4.79 Å². The lowest BCUT2D eigenvalue weighted by Crippen LogP contribution is -2.21. The van der Waals surface area contributed by atoms with Crippen molar-refractivity contribution in [3.8, 4) is 0 Å². The van der Waals surface area contributed by atoms with Crippen molar-refractivity contribution in [2.45, 2.75) is 19.9 Å². The summed E-state index contributed by atoms with van der Waals surface area (Å²) in [6.07, 6.45) is 0. The van der Waals surface area contributed by atoms with Gasteiger partial charge in [0.2, 0.25) is 10.7 Å². The molecule has 1 aromatic heterocycles. The molecule has 0 fully saturated rings. The summed E-state index contributed by atoms with van der Waals surface area (Å²) in [7, 11) is 0. The normalized spacial score (nSPS) is 18.2. The van der Waals surface area contributed by atoms with Gasteiger partial charge in [-0.15, -0.1) is 0 Å². The summed E-state index contributed by atoms with van der Waals surface area (Å²) >= 11 is 5.32. The van der Waals surface area contributed by atoms with E-state index in [-0.39, 0.29) is 17.9 Å². The van der Waals surface area contributed by atoms with E-state index >= 15 is 0 Å². The first kappa shape index (κ1) is 11.3.